The summed E-state index contributed by atoms with van der Waals surface area (Å²) in [6.45, 7) is -20.9. The van der Waals surface area contributed by atoms with Gasteiger partial charge in [-0.2, -0.15) is 0 Å². The molecule has 0 spiro atoms. The van der Waals surface area contributed by atoms with E-state index in [4.69, 9.17) is 105 Å². The van der Waals surface area contributed by atoms with Crippen LogP contribution in [0.25, 0.3) is 0 Å². The van der Waals surface area contributed by atoms with E-state index in [9.17, 15) is 0 Å². The third kappa shape index (κ3) is 41.7. The van der Waals surface area contributed by atoms with Crippen molar-refractivity contribution in [3.05, 3.63) is 24.2 Å². The number of nitrogens with zero attached hydrogens (tertiary/aromatic N) is 1. The van der Waals surface area contributed by atoms with Crippen molar-refractivity contribution in [3.8, 4) is 0 Å². The molecule has 0 saturated heterocycles. The highest BCUT2D eigenvalue weighted by molar-refractivity contribution is 4.82. The number of rotatable bonds is 37. The van der Waals surface area contributed by atoms with Gasteiger partial charge in [-0.15, -0.1) is 0 Å². The molecule has 0 rings (SSSR count). The summed E-state index contributed by atoms with van der Waals surface area (Å²) >= 11 is 0. The average Bonchev–Trinajstić information content (AvgIpc) is 0.698. The van der Waals surface area contributed by atoms with Gasteiger partial charge in [0, 0.05) is 98.1 Å². The maximum absolute atomic E-state index is 8.65. The van der Waals surface area contributed by atoms with Gasteiger partial charge in [0.15, 0.2) is 0 Å². The molecule has 0 aliphatic carbocycles. The average molecular weight is 741 g/mol. The highest BCUT2D eigenvalue weighted by Crippen LogP contribution is 2.12. The van der Waals surface area contributed by atoms with Gasteiger partial charge < -0.3 is 26.4 Å². The summed E-state index contributed by atoms with van der Waals surface area (Å²) in [7, 11) is 3.36. The van der Waals surface area contributed by atoms with Crippen LogP contribution < -0.4 is 12.4 Å². The van der Waals surface area contributed by atoms with Crippen LogP contribution >= 0.6 is 0 Å². The number of ether oxygens (including phenoxy) is 2. The molecule has 0 fully saturated rings. The predicted octanol–water partition coefficient (Wildman–Crippen LogP) is 10.2. The zero-order valence-electron chi connectivity index (χ0n) is 94.6. The third-order valence-electron chi connectivity index (χ3n) is 3.30. The molecule has 0 aliphatic rings. The van der Waals surface area contributed by atoms with Gasteiger partial charge in [0.1, 0.15) is 12.6 Å². The molecule has 0 radical (unpaired) electrons. The van der Waals surface area contributed by atoms with E-state index in [1.165, 1.54) is 0 Å². The summed E-state index contributed by atoms with van der Waals surface area (Å²) in [6.07, 6.45) is -145. The van der Waals surface area contributed by atoms with Crippen molar-refractivity contribution in [1.29, 1.82) is 0 Å². The summed E-state index contributed by atoms with van der Waals surface area (Å²) in [5.74, 6) is 0. The smallest absolute Gasteiger partial charge is 0.130 e. The van der Waals surface area contributed by atoms with E-state index < -0.39 is 253 Å². The monoisotopic (exact) mass is 740 g/mol. The van der Waals surface area contributed by atoms with Crippen LogP contribution in [0.2, 0.25) is 0 Å². The van der Waals surface area contributed by atoms with Gasteiger partial charge in [-0.25, -0.2) is 0 Å². The predicted molar refractivity (Wildman–Crippen MR) is 202 cm³/mol. The molecule has 0 aromatic rings. The lowest BCUT2D eigenvalue weighted by atomic mass is 10.1. The Morgan fingerprint density at radius 1 is 0.522 bits per heavy atom. The van der Waals surface area contributed by atoms with E-state index in [-0.39, 0.29) is 12.4 Å². The first-order valence-electron chi connectivity index (χ1n) is 46.9. The highest BCUT2D eigenvalue weighted by atomic mass is 35.5. The molecular formula is C42H84ClNO2. The Labute approximate surface area is 395 Å². The Kier molecular flexibility index (Phi) is 5.99. The Hall–Kier alpha value is -0.350. The summed E-state index contributed by atoms with van der Waals surface area (Å²) < 4.78 is 589. The molecule has 46 heavy (non-hydrogen) atoms. The van der Waals surface area contributed by atoms with E-state index in [1.54, 1.807) is 0 Å². The molecule has 0 N–H and O–H groups in total. The lowest BCUT2D eigenvalue weighted by Crippen LogP contribution is -3.00. The largest absolute Gasteiger partial charge is 1.00 e. The molecule has 1 atom stereocenters. The van der Waals surface area contributed by atoms with Crippen molar-refractivity contribution in [3.63, 3.8) is 0 Å². The molecule has 0 aromatic carbocycles. The van der Waals surface area contributed by atoms with Gasteiger partial charge >= 0.3 is 0 Å². The second-order valence-electron chi connectivity index (χ2n) is 7.73. The van der Waals surface area contributed by atoms with Crippen molar-refractivity contribution in [1.82, 2.24) is 0 Å². The van der Waals surface area contributed by atoms with Crippen LogP contribution in [0.3, 0.4) is 0 Å². The first kappa shape index (κ1) is 7.05. The second kappa shape index (κ2) is 39.1. The van der Waals surface area contributed by atoms with Crippen molar-refractivity contribution in [2.24, 2.45) is 0 Å². The fraction of sp³-hybridized carbons (Fsp3) is 0.905. The molecular weight excluding hydrogens is 586 g/mol. The summed E-state index contributed by atoms with van der Waals surface area (Å²) in [4.78, 5) is 0. The topological polar surface area (TPSA) is 18.5 Å². The molecule has 0 heterocycles. The first-order valence-corrected chi connectivity index (χ1v) is 11.9. The maximum Gasteiger partial charge on any atom is 0.130 e. The van der Waals surface area contributed by atoms with Crippen molar-refractivity contribution in [2.45, 2.75) is 198 Å². The van der Waals surface area contributed by atoms with Crippen LogP contribution in [-0.4, -0.2) is 58.0 Å². The van der Waals surface area contributed by atoms with E-state index in [2.05, 4.69) is 0 Å². The van der Waals surface area contributed by atoms with E-state index in [0.29, 0.717) is 0 Å². The van der Waals surface area contributed by atoms with Crippen molar-refractivity contribution >= 4 is 0 Å². The third-order valence-corrected chi connectivity index (χ3v) is 3.30. The molecule has 0 aliphatic heterocycles. The lowest BCUT2D eigenvalue weighted by molar-refractivity contribution is -0.873. The quantitative estimate of drug-likeness (QED) is 0.0467. The molecule has 3 nitrogen and oxygen atoms in total. The Bertz CT molecular complexity index is 3530. The molecule has 1 unspecified atom stereocenters. The van der Waals surface area contributed by atoms with Gasteiger partial charge in [-0.3, -0.25) is 0 Å². The minimum absolute atomic E-state index is 0. The minimum Gasteiger partial charge on any atom is -1.00 e. The van der Waals surface area contributed by atoms with Crippen molar-refractivity contribution < 1.29 is 122 Å². The van der Waals surface area contributed by atoms with Crippen LogP contribution in [0.15, 0.2) is 24.2 Å². The number of hydrogen-bond acceptors (Lipinski definition) is 2. The van der Waals surface area contributed by atoms with Crippen LogP contribution in [0, 0.1) is 0 Å². The van der Waals surface area contributed by atoms with Gasteiger partial charge in [0.2, 0.25) is 0 Å². The van der Waals surface area contributed by atoms with E-state index in [1.807, 2.05) is 0 Å². The van der Waals surface area contributed by atoms with Crippen LogP contribution in [-0.2, 0) is 9.47 Å². The summed E-state index contributed by atoms with van der Waals surface area (Å²) in [5, 5.41) is 0. The fourth-order valence-electron chi connectivity index (χ4n) is 1.94. The Morgan fingerprint density at radius 2 is 0.870 bits per heavy atom. The normalized spacial score (nSPS) is 46.1. The molecule has 4 heteroatoms. The molecule has 0 aromatic heterocycles. The standard InChI is InChI=1S/C42H84NO2.ClH/c1-6-8-10-12-14-16-18-20-22-24-26-28-30-32-34-36-38-44-41-42(40-43(3,4)5)45-39-37-35-33-31-29-27-25-23-21-19-17-15-13-11-9-7-2;/h20-23,42H,6-19,24-41H2,1-5H3;1H/q+1;/p-1/b22-20-,23-21-;/i1D3,2D3,6D2,7D2,8D2,9D2,10D2,11D2,12D2,13D2,14D2,15D2,16D2,17D2,18D2,19D2,20D,21D,22D,23D,24D2,25D2,26D2,27D2,28D2,29D2,30D2,31D2,32D2,33D2,34D2,35D2,36D2,37D2,38D2,39D2;. The number of hydrogen-bond donors (Lipinski definition) is 0. The van der Waals surface area contributed by atoms with Gasteiger partial charge in [0.05, 0.1) is 38.7 Å². The van der Waals surface area contributed by atoms with E-state index in [0.717, 1.165) is 21.1 Å². The first-order chi connectivity index (χ1) is 48.4. The Morgan fingerprint density at radius 3 is 1.26 bits per heavy atom. The number of likely N-dealkylation sites (N-methyl/N-ethyl adjacent to an activating group) is 1. The van der Waals surface area contributed by atoms with Crippen molar-refractivity contribution in [2.75, 3.05) is 47.4 Å². The van der Waals surface area contributed by atoms with Crippen LogP contribution in [0.4, 0.5) is 0 Å². The SMILES string of the molecule is [2H]/C(=C(\[2H])C([2H])([2H])C([2H])([2H])C([2H])([2H])C([2H])([2H])C([2H])([2H])C([2H])([2H])C([2H])([2H])C([2H])([2H])OCC(C[N+](C)(C)C)OC([2H])([2H])C([2H])([2H])C([2H])([2H])C([2H])([2H])C([2H])([2H])C([2H])([2H])C([2H])([2H])C([2H])([2H])/C([2H])=C(/[2H])C([2H])([2H])C([2H])([2H])C([2H])([2H])C([2H])([2H])C([2H])([2H])C([2H])([2H])C([2H])([2H])C([2H])([2H])[2H])C([2H])([2H])C([2H])([2H])C([2H])([2H])C([2H])([2H])C([2H])([2H])C([2H])([2H])C([2H])([2H])C([2H])([2H])[2H].[Cl-]. The molecule has 276 valence electrons. The zero-order chi connectivity index (χ0) is 95.2. The summed E-state index contributed by atoms with van der Waals surface area (Å²) in [5.41, 5.74) is 0. The van der Waals surface area contributed by atoms with Gasteiger partial charge in [-0.05, 0) is 63.7 Å². The van der Waals surface area contributed by atoms with Gasteiger partial charge in [0.25, 0.3) is 0 Å². The zero-order valence-corrected chi connectivity index (χ0v) is 25.4. The molecule has 0 saturated carbocycles. The van der Waals surface area contributed by atoms with Gasteiger partial charge in [-0.1, -0.05) is 153 Å². The number of quaternary nitrogens is 1. The molecule has 0 bridgehead atoms. The second-order valence-corrected chi connectivity index (χ2v) is 7.73. The van der Waals surface area contributed by atoms with E-state index >= 15 is 0 Å². The van der Waals surface area contributed by atoms with Crippen LogP contribution in [0.5, 0.6) is 0 Å². The summed E-state index contributed by atoms with van der Waals surface area (Å²) in [6, 6.07) is -11.1. The lowest BCUT2D eigenvalue weighted by Gasteiger charge is -2.29. The maximum atomic E-state index is 8.65. The fourth-order valence-corrected chi connectivity index (χ4v) is 1.94. The minimum atomic E-state index is -5.34. The van der Waals surface area contributed by atoms with Crippen LogP contribution in [0.1, 0.15) is 288 Å². The molecule has 0 amide bonds. The highest BCUT2D eigenvalue weighted by Gasteiger charge is 2.19. The Balaban J connectivity index is 0. The number of halogens is 1. The number of allylic oxidation sites excluding steroid dienone is 4.